The summed E-state index contributed by atoms with van der Waals surface area (Å²) in [5.74, 6) is 2.80. The maximum atomic E-state index is 6.26. The Labute approximate surface area is 180 Å². The van der Waals surface area contributed by atoms with Crippen LogP contribution in [-0.2, 0) is 0 Å². The molecule has 0 bridgehead atoms. The molecule has 0 amide bonds. The van der Waals surface area contributed by atoms with Crippen molar-refractivity contribution in [3.63, 3.8) is 0 Å². The number of rotatable bonds is 6. The van der Waals surface area contributed by atoms with Crippen molar-refractivity contribution < 1.29 is 9.47 Å². The maximum Gasteiger partial charge on any atom is 0.184 e. The number of hydrogen-bond acceptors (Lipinski definition) is 5. The van der Waals surface area contributed by atoms with Gasteiger partial charge in [0, 0.05) is 31.1 Å². The van der Waals surface area contributed by atoms with Gasteiger partial charge in [0.05, 0.1) is 15.7 Å². The van der Waals surface area contributed by atoms with Crippen LogP contribution in [0.3, 0.4) is 0 Å². The van der Waals surface area contributed by atoms with Gasteiger partial charge in [-0.25, -0.2) is 0 Å². The SMILES string of the molecule is Clc1cccc(SCCCN2CCN(c3cccc4c3OCCO4)CC2)c1Cl. The monoisotopic (exact) mass is 438 g/mol. The summed E-state index contributed by atoms with van der Waals surface area (Å²) in [6, 6.07) is 12.0. The highest BCUT2D eigenvalue weighted by molar-refractivity contribution is 7.99. The number of fused-ring (bicyclic) bond motifs is 1. The van der Waals surface area contributed by atoms with E-state index in [2.05, 4.69) is 15.9 Å². The summed E-state index contributed by atoms with van der Waals surface area (Å²) in [6.07, 6.45) is 1.13. The van der Waals surface area contributed by atoms with Crippen molar-refractivity contribution in [2.75, 3.05) is 56.6 Å². The molecular formula is C21H24Cl2N2O2S. The summed E-state index contributed by atoms with van der Waals surface area (Å²) in [6.45, 7) is 6.49. The Morgan fingerprint density at radius 2 is 1.71 bits per heavy atom. The van der Waals surface area contributed by atoms with Gasteiger partial charge in [-0.05, 0) is 43.0 Å². The number of ether oxygens (including phenoxy) is 2. The molecule has 2 aliphatic rings. The summed E-state index contributed by atoms with van der Waals surface area (Å²) < 4.78 is 11.6. The number of anilines is 1. The van der Waals surface area contributed by atoms with Crippen LogP contribution in [0.2, 0.25) is 10.0 Å². The smallest absolute Gasteiger partial charge is 0.184 e. The Morgan fingerprint density at radius 1 is 0.929 bits per heavy atom. The van der Waals surface area contributed by atoms with Crippen LogP contribution in [0.1, 0.15) is 6.42 Å². The lowest BCUT2D eigenvalue weighted by atomic mass is 10.2. The first-order valence-electron chi connectivity index (χ1n) is 9.65. The first-order chi connectivity index (χ1) is 13.7. The van der Waals surface area contributed by atoms with Crippen LogP contribution in [0.25, 0.3) is 0 Å². The van der Waals surface area contributed by atoms with Crippen molar-refractivity contribution in [3.8, 4) is 11.5 Å². The summed E-state index contributed by atoms with van der Waals surface area (Å²) in [5.41, 5.74) is 1.16. The minimum atomic E-state index is 0.623. The van der Waals surface area contributed by atoms with Gasteiger partial charge in [-0.3, -0.25) is 4.90 Å². The van der Waals surface area contributed by atoms with E-state index in [1.165, 1.54) is 0 Å². The molecule has 0 radical (unpaired) electrons. The van der Waals surface area contributed by atoms with E-state index in [-0.39, 0.29) is 0 Å². The molecule has 0 aliphatic carbocycles. The molecule has 0 atom stereocenters. The average Bonchev–Trinajstić information content (AvgIpc) is 2.74. The van der Waals surface area contributed by atoms with Crippen molar-refractivity contribution in [2.24, 2.45) is 0 Å². The van der Waals surface area contributed by atoms with E-state index in [1.807, 2.05) is 30.3 Å². The highest BCUT2D eigenvalue weighted by Gasteiger charge is 2.23. The van der Waals surface area contributed by atoms with Crippen LogP contribution < -0.4 is 14.4 Å². The number of hydrogen-bond donors (Lipinski definition) is 0. The first-order valence-corrected chi connectivity index (χ1v) is 11.4. The third kappa shape index (κ3) is 4.65. The molecule has 7 heteroatoms. The van der Waals surface area contributed by atoms with Crippen LogP contribution in [0.15, 0.2) is 41.3 Å². The van der Waals surface area contributed by atoms with Crippen molar-refractivity contribution in [2.45, 2.75) is 11.3 Å². The minimum Gasteiger partial charge on any atom is -0.486 e. The molecule has 4 rings (SSSR count). The standard InChI is InChI=1S/C21H24Cl2N2O2S/c22-16-4-1-7-19(20(16)23)28-15-3-8-24-9-11-25(12-10-24)17-5-2-6-18-21(17)27-14-13-26-18/h1-2,4-7H,3,8-15H2. The zero-order chi connectivity index (χ0) is 19.3. The van der Waals surface area contributed by atoms with E-state index < -0.39 is 0 Å². The molecule has 2 aliphatic heterocycles. The van der Waals surface area contributed by atoms with Crippen LogP contribution >= 0.6 is 35.0 Å². The van der Waals surface area contributed by atoms with Crippen molar-refractivity contribution in [1.82, 2.24) is 4.90 Å². The van der Waals surface area contributed by atoms with E-state index in [4.69, 9.17) is 32.7 Å². The molecule has 2 aromatic carbocycles. The lowest BCUT2D eigenvalue weighted by molar-refractivity contribution is 0.171. The second-order valence-corrected chi connectivity index (χ2v) is 8.81. The number of halogens is 2. The second kappa shape index (κ2) is 9.49. The molecule has 4 nitrogen and oxygen atoms in total. The van der Waals surface area contributed by atoms with Crippen LogP contribution in [0.4, 0.5) is 5.69 Å². The molecule has 0 spiro atoms. The van der Waals surface area contributed by atoms with Gasteiger partial charge in [0.25, 0.3) is 0 Å². The minimum absolute atomic E-state index is 0.623. The predicted molar refractivity (Wildman–Crippen MR) is 118 cm³/mol. The van der Waals surface area contributed by atoms with Gasteiger partial charge in [-0.2, -0.15) is 0 Å². The number of benzene rings is 2. The molecule has 28 heavy (non-hydrogen) atoms. The molecule has 0 aromatic heterocycles. The normalized spacial score (nSPS) is 17.0. The van der Waals surface area contributed by atoms with Gasteiger partial charge in [0.2, 0.25) is 0 Å². The van der Waals surface area contributed by atoms with Crippen molar-refractivity contribution in [3.05, 3.63) is 46.4 Å². The van der Waals surface area contributed by atoms with Gasteiger partial charge < -0.3 is 14.4 Å². The fraction of sp³-hybridized carbons (Fsp3) is 0.429. The van der Waals surface area contributed by atoms with E-state index in [0.29, 0.717) is 23.3 Å². The highest BCUT2D eigenvalue weighted by Crippen LogP contribution is 2.39. The number of piperazine rings is 1. The lowest BCUT2D eigenvalue weighted by Crippen LogP contribution is -2.46. The third-order valence-corrected chi connectivity index (χ3v) is 7.13. The van der Waals surface area contributed by atoms with Gasteiger partial charge >= 0.3 is 0 Å². The topological polar surface area (TPSA) is 24.9 Å². The quantitative estimate of drug-likeness (QED) is 0.463. The zero-order valence-corrected chi connectivity index (χ0v) is 18.0. The Morgan fingerprint density at radius 3 is 2.57 bits per heavy atom. The Hall–Kier alpha value is -1.27. The summed E-state index contributed by atoms with van der Waals surface area (Å²) in [4.78, 5) is 6.00. The van der Waals surface area contributed by atoms with Crippen molar-refractivity contribution in [1.29, 1.82) is 0 Å². The molecule has 1 saturated heterocycles. The lowest BCUT2D eigenvalue weighted by Gasteiger charge is -2.37. The van der Waals surface area contributed by atoms with Gasteiger partial charge in [0.1, 0.15) is 13.2 Å². The summed E-state index contributed by atoms with van der Waals surface area (Å²) in [7, 11) is 0. The molecule has 2 heterocycles. The van der Waals surface area contributed by atoms with E-state index in [9.17, 15) is 0 Å². The predicted octanol–water partition coefficient (Wildman–Crippen LogP) is 5.07. The fourth-order valence-corrected chi connectivity index (χ4v) is 5.01. The van der Waals surface area contributed by atoms with E-state index in [0.717, 1.165) is 67.0 Å². The molecule has 2 aromatic rings. The number of thioether (sulfide) groups is 1. The Bertz CT molecular complexity index is 813. The van der Waals surface area contributed by atoms with E-state index in [1.54, 1.807) is 11.8 Å². The molecule has 0 saturated carbocycles. The molecule has 0 N–H and O–H groups in total. The van der Waals surface area contributed by atoms with Gasteiger partial charge in [-0.15, -0.1) is 11.8 Å². The highest BCUT2D eigenvalue weighted by atomic mass is 35.5. The van der Waals surface area contributed by atoms with Gasteiger partial charge in [-0.1, -0.05) is 35.3 Å². The second-order valence-electron chi connectivity index (χ2n) is 6.88. The zero-order valence-electron chi connectivity index (χ0n) is 15.7. The van der Waals surface area contributed by atoms with Crippen LogP contribution in [0.5, 0.6) is 11.5 Å². The summed E-state index contributed by atoms with van der Waals surface area (Å²) >= 11 is 14.1. The summed E-state index contributed by atoms with van der Waals surface area (Å²) in [5, 5.41) is 1.29. The van der Waals surface area contributed by atoms with Crippen LogP contribution in [0, 0.1) is 0 Å². The molecule has 1 fully saturated rings. The van der Waals surface area contributed by atoms with Crippen molar-refractivity contribution >= 4 is 40.7 Å². The van der Waals surface area contributed by atoms with Crippen LogP contribution in [-0.4, -0.2) is 56.6 Å². The molecule has 150 valence electrons. The van der Waals surface area contributed by atoms with Gasteiger partial charge in [0.15, 0.2) is 11.5 Å². The maximum absolute atomic E-state index is 6.26. The Balaban J connectivity index is 1.23. The Kier molecular flexibility index (Phi) is 6.78. The molecule has 0 unspecified atom stereocenters. The fourth-order valence-electron chi connectivity index (χ4n) is 3.59. The largest absolute Gasteiger partial charge is 0.486 e. The first kappa shape index (κ1) is 20.0. The third-order valence-electron chi connectivity index (χ3n) is 5.05. The van der Waals surface area contributed by atoms with E-state index >= 15 is 0 Å². The average molecular weight is 439 g/mol. The number of nitrogens with zero attached hydrogens (tertiary/aromatic N) is 2. The molecular weight excluding hydrogens is 415 g/mol. The number of para-hydroxylation sites is 1.